The van der Waals surface area contributed by atoms with Gasteiger partial charge in [-0.2, -0.15) is 15.4 Å². The van der Waals surface area contributed by atoms with Crippen LogP contribution in [0.4, 0.5) is 0 Å². The first kappa shape index (κ1) is 9.14. The number of aromatic nitrogens is 3. The predicted octanol–water partition coefficient (Wildman–Crippen LogP) is -0.713. The van der Waals surface area contributed by atoms with Crippen LogP contribution in [0.2, 0.25) is 0 Å². The minimum absolute atomic E-state index is 0.174. The molecule has 2 heterocycles. The van der Waals surface area contributed by atoms with Crippen LogP contribution in [0.1, 0.15) is 23.3 Å². The molecule has 3 N–H and O–H groups in total. The summed E-state index contributed by atoms with van der Waals surface area (Å²) in [6, 6.07) is 0.408. The number of carbonyl (C=O) groups excluding carboxylic acids is 1. The molecule has 0 bridgehead atoms. The standard InChI is InChI=1S/C8H13N5O/c14-8(7-5-11-13-12-7)10-4-6-2-1-3-9-6/h5-6,9H,1-4H2,(H,10,14)(H,11,12,13). The highest BCUT2D eigenvalue weighted by atomic mass is 16.1. The van der Waals surface area contributed by atoms with Crippen molar-refractivity contribution in [3.63, 3.8) is 0 Å². The summed E-state index contributed by atoms with van der Waals surface area (Å²) in [6.07, 6.45) is 3.72. The van der Waals surface area contributed by atoms with Crippen LogP contribution >= 0.6 is 0 Å². The maximum atomic E-state index is 11.4. The molecular formula is C8H13N5O. The number of H-pyrrole nitrogens is 1. The van der Waals surface area contributed by atoms with Gasteiger partial charge in [0.2, 0.25) is 0 Å². The number of rotatable bonds is 3. The second-order valence-electron chi connectivity index (χ2n) is 3.36. The summed E-state index contributed by atoms with van der Waals surface area (Å²) < 4.78 is 0. The smallest absolute Gasteiger partial charge is 0.273 e. The van der Waals surface area contributed by atoms with E-state index in [1.165, 1.54) is 12.6 Å². The van der Waals surface area contributed by atoms with Crippen LogP contribution in [0.5, 0.6) is 0 Å². The van der Waals surface area contributed by atoms with E-state index in [-0.39, 0.29) is 5.91 Å². The number of nitrogens with zero attached hydrogens (tertiary/aromatic N) is 2. The Labute approximate surface area is 81.5 Å². The minimum Gasteiger partial charge on any atom is -0.349 e. The summed E-state index contributed by atoms with van der Waals surface area (Å²) in [7, 11) is 0. The highest BCUT2D eigenvalue weighted by Gasteiger charge is 2.15. The monoisotopic (exact) mass is 195 g/mol. The second-order valence-corrected chi connectivity index (χ2v) is 3.36. The Morgan fingerprint density at radius 3 is 3.29 bits per heavy atom. The van der Waals surface area contributed by atoms with Gasteiger partial charge in [0.05, 0.1) is 6.20 Å². The van der Waals surface area contributed by atoms with Crippen molar-refractivity contribution in [2.75, 3.05) is 13.1 Å². The summed E-state index contributed by atoms with van der Waals surface area (Å²) >= 11 is 0. The van der Waals surface area contributed by atoms with Gasteiger partial charge in [0.25, 0.3) is 5.91 Å². The van der Waals surface area contributed by atoms with Crippen LogP contribution in [0.15, 0.2) is 6.20 Å². The molecule has 6 nitrogen and oxygen atoms in total. The van der Waals surface area contributed by atoms with Crippen molar-refractivity contribution in [3.05, 3.63) is 11.9 Å². The van der Waals surface area contributed by atoms with Gasteiger partial charge in [0.1, 0.15) is 0 Å². The Balaban J connectivity index is 1.78. The predicted molar refractivity (Wildman–Crippen MR) is 49.7 cm³/mol. The van der Waals surface area contributed by atoms with E-state index < -0.39 is 0 Å². The SMILES string of the molecule is O=C(NCC1CCCN1)c1cn[nH]n1. The van der Waals surface area contributed by atoms with Crippen molar-refractivity contribution < 1.29 is 4.79 Å². The molecule has 1 saturated heterocycles. The molecule has 1 unspecified atom stereocenters. The summed E-state index contributed by atoms with van der Waals surface area (Å²) in [4.78, 5) is 11.4. The lowest BCUT2D eigenvalue weighted by molar-refractivity contribution is 0.0945. The number of hydrogen-bond donors (Lipinski definition) is 3. The molecule has 76 valence electrons. The number of nitrogens with one attached hydrogen (secondary N) is 3. The number of aromatic amines is 1. The molecule has 2 rings (SSSR count). The zero-order valence-corrected chi connectivity index (χ0v) is 7.79. The molecule has 0 radical (unpaired) electrons. The van der Waals surface area contributed by atoms with E-state index in [2.05, 4.69) is 26.0 Å². The Morgan fingerprint density at radius 2 is 2.64 bits per heavy atom. The highest BCUT2D eigenvalue weighted by Crippen LogP contribution is 2.03. The average molecular weight is 195 g/mol. The largest absolute Gasteiger partial charge is 0.349 e. The molecule has 1 aromatic heterocycles. The van der Waals surface area contributed by atoms with E-state index in [0.29, 0.717) is 18.3 Å². The van der Waals surface area contributed by atoms with Crippen molar-refractivity contribution in [2.24, 2.45) is 0 Å². The topological polar surface area (TPSA) is 82.7 Å². The Morgan fingerprint density at radius 1 is 1.71 bits per heavy atom. The van der Waals surface area contributed by atoms with Gasteiger partial charge in [0, 0.05) is 12.6 Å². The summed E-state index contributed by atoms with van der Waals surface area (Å²) in [5.74, 6) is -0.174. The van der Waals surface area contributed by atoms with Crippen LogP contribution < -0.4 is 10.6 Å². The van der Waals surface area contributed by atoms with Gasteiger partial charge >= 0.3 is 0 Å². The molecule has 0 aliphatic carbocycles. The molecule has 1 aromatic rings. The number of hydrogen-bond acceptors (Lipinski definition) is 4. The molecule has 6 heteroatoms. The lowest BCUT2D eigenvalue weighted by Crippen LogP contribution is -2.37. The van der Waals surface area contributed by atoms with Crippen molar-refractivity contribution in [2.45, 2.75) is 18.9 Å². The van der Waals surface area contributed by atoms with E-state index in [1.54, 1.807) is 0 Å². The third-order valence-electron chi connectivity index (χ3n) is 2.32. The van der Waals surface area contributed by atoms with Crippen molar-refractivity contribution in [3.8, 4) is 0 Å². The van der Waals surface area contributed by atoms with Crippen molar-refractivity contribution >= 4 is 5.91 Å². The van der Waals surface area contributed by atoms with Crippen LogP contribution in [0.3, 0.4) is 0 Å². The second kappa shape index (κ2) is 4.19. The Hall–Kier alpha value is -1.43. The Kier molecular flexibility index (Phi) is 2.73. The maximum Gasteiger partial charge on any atom is 0.273 e. The summed E-state index contributed by atoms with van der Waals surface area (Å²) in [6.45, 7) is 1.70. The number of amides is 1. The van der Waals surface area contributed by atoms with E-state index in [9.17, 15) is 4.79 Å². The fourth-order valence-corrected chi connectivity index (χ4v) is 1.55. The molecule has 14 heavy (non-hydrogen) atoms. The average Bonchev–Trinajstić information content (AvgIpc) is 2.87. The van der Waals surface area contributed by atoms with Crippen LogP contribution in [0.25, 0.3) is 0 Å². The molecule has 1 amide bonds. The van der Waals surface area contributed by atoms with Gasteiger partial charge in [-0.05, 0) is 19.4 Å². The van der Waals surface area contributed by atoms with E-state index >= 15 is 0 Å². The molecule has 0 spiro atoms. The summed E-state index contributed by atoms with van der Waals surface area (Å²) in [5, 5.41) is 15.8. The van der Waals surface area contributed by atoms with Gasteiger partial charge in [-0.3, -0.25) is 4.79 Å². The van der Waals surface area contributed by atoms with E-state index in [1.807, 2.05) is 0 Å². The molecule has 0 saturated carbocycles. The van der Waals surface area contributed by atoms with Gasteiger partial charge in [-0.25, -0.2) is 0 Å². The first-order chi connectivity index (χ1) is 6.86. The fourth-order valence-electron chi connectivity index (χ4n) is 1.55. The van der Waals surface area contributed by atoms with Crippen LogP contribution in [0, 0.1) is 0 Å². The normalized spacial score (nSPS) is 21.0. The third-order valence-corrected chi connectivity index (χ3v) is 2.32. The van der Waals surface area contributed by atoms with E-state index in [0.717, 1.165) is 13.0 Å². The zero-order chi connectivity index (χ0) is 9.80. The van der Waals surface area contributed by atoms with E-state index in [4.69, 9.17) is 0 Å². The zero-order valence-electron chi connectivity index (χ0n) is 7.79. The van der Waals surface area contributed by atoms with Gasteiger partial charge in [0.15, 0.2) is 5.69 Å². The van der Waals surface area contributed by atoms with Gasteiger partial charge in [-0.1, -0.05) is 0 Å². The van der Waals surface area contributed by atoms with Crippen LogP contribution in [-0.4, -0.2) is 40.4 Å². The fraction of sp³-hybridized carbons (Fsp3) is 0.625. The molecule has 0 aromatic carbocycles. The lowest BCUT2D eigenvalue weighted by Gasteiger charge is -2.09. The lowest BCUT2D eigenvalue weighted by atomic mass is 10.2. The minimum atomic E-state index is -0.174. The van der Waals surface area contributed by atoms with Crippen molar-refractivity contribution in [1.29, 1.82) is 0 Å². The van der Waals surface area contributed by atoms with Crippen LogP contribution in [-0.2, 0) is 0 Å². The summed E-state index contributed by atoms with van der Waals surface area (Å²) in [5.41, 5.74) is 0.336. The van der Waals surface area contributed by atoms with Crippen molar-refractivity contribution in [1.82, 2.24) is 26.0 Å². The molecule has 1 aliphatic rings. The molecular weight excluding hydrogens is 182 g/mol. The number of carbonyl (C=O) groups is 1. The van der Waals surface area contributed by atoms with Gasteiger partial charge in [-0.15, -0.1) is 0 Å². The molecule has 1 fully saturated rings. The first-order valence-corrected chi connectivity index (χ1v) is 4.73. The first-order valence-electron chi connectivity index (χ1n) is 4.73. The Bertz CT molecular complexity index is 291. The quantitative estimate of drug-likeness (QED) is 0.595. The molecule has 1 aliphatic heterocycles. The third kappa shape index (κ3) is 2.08. The highest BCUT2D eigenvalue weighted by molar-refractivity contribution is 5.91. The molecule has 1 atom stereocenters. The maximum absolute atomic E-state index is 11.4. The van der Waals surface area contributed by atoms with Gasteiger partial charge < -0.3 is 10.6 Å².